The molecule has 60 heavy (non-hydrogen) atoms. The van der Waals surface area contributed by atoms with E-state index >= 15 is 0 Å². The van der Waals surface area contributed by atoms with Gasteiger partial charge in [0.15, 0.2) is 17.5 Å². The zero-order valence-corrected chi connectivity index (χ0v) is 33.3. The quantitative estimate of drug-likeness (QED) is 0.175. The van der Waals surface area contributed by atoms with Crippen LogP contribution in [-0.2, 0) is 5.41 Å². The van der Waals surface area contributed by atoms with Gasteiger partial charge in [-0.2, -0.15) is 0 Å². The van der Waals surface area contributed by atoms with Crippen LogP contribution in [0, 0.1) is 0 Å². The van der Waals surface area contributed by atoms with Crippen LogP contribution in [0.3, 0.4) is 0 Å². The van der Waals surface area contributed by atoms with Crippen molar-refractivity contribution < 1.29 is 0 Å². The molecule has 0 atom stereocenters. The monoisotopic (exact) mass is 766 g/mol. The highest BCUT2D eigenvalue weighted by molar-refractivity contribution is 6.27. The van der Waals surface area contributed by atoms with E-state index in [4.69, 9.17) is 15.0 Å². The average molecular weight is 767 g/mol. The highest BCUT2D eigenvalue weighted by atomic mass is 15.0. The second-order valence-corrected chi connectivity index (χ2v) is 16.4. The van der Waals surface area contributed by atoms with E-state index in [0.717, 1.165) is 22.4 Å². The molecule has 0 spiro atoms. The molecule has 0 amide bonds. The Morgan fingerprint density at radius 1 is 0.400 bits per heavy atom. The first-order valence-electron chi connectivity index (χ1n) is 20.6. The van der Waals surface area contributed by atoms with Crippen molar-refractivity contribution >= 4 is 43.4 Å². The normalized spacial score (nSPS) is 13.0. The molecule has 1 aliphatic rings. The summed E-state index contributed by atoms with van der Waals surface area (Å²) >= 11 is 0. The summed E-state index contributed by atoms with van der Waals surface area (Å²) in [5.74, 6) is 1.93. The molecular weight excluding hydrogens is 729 g/mol. The largest absolute Gasteiger partial charge is 0.309 e. The summed E-state index contributed by atoms with van der Waals surface area (Å²) < 4.78 is 2.48. The average Bonchev–Trinajstić information content (AvgIpc) is 3.76. The molecule has 0 N–H and O–H groups in total. The molecule has 1 aliphatic carbocycles. The first kappa shape index (κ1) is 34.4. The van der Waals surface area contributed by atoms with Crippen LogP contribution >= 0.6 is 0 Å². The predicted octanol–water partition coefficient (Wildman–Crippen LogP) is 14.2. The summed E-state index contributed by atoms with van der Waals surface area (Å²) in [6.07, 6.45) is 0. The summed E-state index contributed by atoms with van der Waals surface area (Å²) in [7, 11) is 0. The summed E-state index contributed by atoms with van der Waals surface area (Å²) in [5, 5.41) is 7.42. The van der Waals surface area contributed by atoms with Crippen molar-refractivity contribution in [1.29, 1.82) is 0 Å². The van der Waals surface area contributed by atoms with Gasteiger partial charge in [0.25, 0.3) is 0 Å². The van der Waals surface area contributed by atoms with Crippen molar-refractivity contribution in [1.82, 2.24) is 19.5 Å². The zero-order chi connectivity index (χ0) is 40.0. The Balaban J connectivity index is 1.11. The molecule has 0 saturated carbocycles. The fourth-order valence-corrected chi connectivity index (χ4v) is 9.73. The SMILES string of the molecule is CC1(C)c2ccccc2-c2ccc(-c3c4ccccc4cc4c5c6ccccc6ccc5n(-c5ccc(-c6nc(-c7ccccc7)nc(-c7ccccc7)n6)cc5)c34)cc21. The van der Waals surface area contributed by atoms with Crippen LogP contribution in [0.4, 0.5) is 0 Å². The molecular formula is C56H38N4. The van der Waals surface area contributed by atoms with E-state index in [9.17, 15) is 0 Å². The molecule has 2 heterocycles. The molecule has 12 rings (SSSR count). The molecule has 0 radical (unpaired) electrons. The maximum absolute atomic E-state index is 5.04. The second kappa shape index (κ2) is 13.2. The summed E-state index contributed by atoms with van der Waals surface area (Å²) in [4.78, 5) is 15.0. The molecule has 11 aromatic rings. The van der Waals surface area contributed by atoms with Crippen molar-refractivity contribution in [2.75, 3.05) is 0 Å². The van der Waals surface area contributed by atoms with E-state index in [1.807, 2.05) is 60.7 Å². The van der Waals surface area contributed by atoms with Crippen LogP contribution in [0.15, 0.2) is 194 Å². The minimum atomic E-state index is -0.125. The minimum absolute atomic E-state index is 0.125. The number of hydrogen-bond donors (Lipinski definition) is 0. The van der Waals surface area contributed by atoms with Gasteiger partial charge < -0.3 is 4.57 Å². The minimum Gasteiger partial charge on any atom is -0.309 e. The maximum atomic E-state index is 5.04. The van der Waals surface area contributed by atoms with Gasteiger partial charge in [-0.1, -0.05) is 166 Å². The van der Waals surface area contributed by atoms with Gasteiger partial charge >= 0.3 is 0 Å². The number of benzene rings is 9. The van der Waals surface area contributed by atoms with Gasteiger partial charge in [-0.15, -0.1) is 0 Å². The lowest BCUT2D eigenvalue weighted by atomic mass is 9.81. The third-order valence-electron chi connectivity index (χ3n) is 12.6. The van der Waals surface area contributed by atoms with Crippen LogP contribution < -0.4 is 0 Å². The van der Waals surface area contributed by atoms with Crippen LogP contribution in [0.25, 0.3) is 105 Å². The van der Waals surface area contributed by atoms with Gasteiger partial charge in [-0.25, -0.2) is 15.0 Å². The molecule has 2 aromatic heterocycles. The molecule has 4 heteroatoms. The molecule has 0 bridgehead atoms. The Hall–Kier alpha value is -7.69. The third kappa shape index (κ3) is 5.20. The highest BCUT2D eigenvalue weighted by Gasteiger charge is 2.35. The van der Waals surface area contributed by atoms with Crippen LogP contribution in [0.5, 0.6) is 0 Å². The van der Waals surface area contributed by atoms with E-state index in [2.05, 4.69) is 152 Å². The fraction of sp³-hybridized carbons (Fsp3) is 0.0536. The van der Waals surface area contributed by atoms with Gasteiger partial charge in [-0.3, -0.25) is 0 Å². The number of rotatable bonds is 5. The molecule has 282 valence electrons. The van der Waals surface area contributed by atoms with Gasteiger partial charge in [0.2, 0.25) is 0 Å². The summed E-state index contributed by atoms with van der Waals surface area (Å²) in [5.41, 5.74) is 14.0. The Morgan fingerprint density at radius 3 is 1.65 bits per heavy atom. The smallest absolute Gasteiger partial charge is 0.164 e. The lowest BCUT2D eigenvalue weighted by molar-refractivity contribution is 0.660. The Kier molecular flexibility index (Phi) is 7.54. The lowest BCUT2D eigenvalue weighted by Crippen LogP contribution is -2.14. The number of nitrogens with zero attached hydrogens (tertiary/aromatic N) is 4. The summed E-state index contributed by atoms with van der Waals surface area (Å²) in [6, 6.07) is 69.7. The summed E-state index contributed by atoms with van der Waals surface area (Å²) in [6.45, 7) is 4.73. The maximum Gasteiger partial charge on any atom is 0.164 e. The van der Waals surface area contributed by atoms with Gasteiger partial charge in [-0.05, 0) is 91.8 Å². The number of hydrogen-bond acceptors (Lipinski definition) is 3. The van der Waals surface area contributed by atoms with Crippen LogP contribution in [0.1, 0.15) is 25.0 Å². The highest BCUT2D eigenvalue weighted by Crippen LogP contribution is 2.51. The molecule has 0 aliphatic heterocycles. The van der Waals surface area contributed by atoms with Crippen molar-refractivity contribution in [3.8, 4) is 62.1 Å². The Labute approximate surface area is 348 Å². The molecule has 4 nitrogen and oxygen atoms in total. The number of fused-ring (bicyclic) bond motifs is 9. The third-order valence-corrected chi connectivity index (χ3v) is 12.6. The topological polar surface area (TPSA) is 43.6 Å². The van der Waals surface area contributed by atoms with Crippen LogP contribution in [0.2, 0.25) is 0 Å². The Bertz CT molecular complexity index is 3430. The lowest BCUT2D eigenvalue weighted by Gasteiger charge is -2.22. The molecule has 0 unspecified atom stereocenters. The zero-order valence-electron chi connectivity index (χ0n) is 33.3. The van der Waals surface area contributed by atoms with Crippen molar-refractivity contribution in [3.63, 3.8) is 0 Å². The molecule has 0 saturated heterocycles. The molecule has 9 aromatic carbocycles. The van der Waals surface area contributed by atoms with E-state index in [1.165, 1.54) is 76.7 Å². The Morgan fingerprint density at radius 2 is 0.950 bits per heavy atom. The molecule has 0 fully saturated rings. The van der Waals surface area contributed by atoms with Crippen molar-refractivity contribution in [2.45, 2.75) is 19.3 Å². The van der Waals surface area contributed by atoms with Gasteiger partial charge in [0, 0.05) is 44.1 Å². The fourth-order valence-electron chi connectivity index (χ4n) is 9.73. The van der Waals surface area contributed by atoms with Gasteiger partial charge in [0.1, 0.15) is 0 Å². The number of aromatic nitrogens is 4. The first-order chi connectivity index (χ1) is 29.5. The van der Waals surface area contributed by atoms with Crippen molar-refractivity contribution in [2.24, 2.45) is 0 Å². The van der Waals surface area contributed by atoms with Crippen LogP contribution in [-0.4, -0.2) is 19.5 Å². The predicted molar refractivity (Wildman–Crippen MR) is 248 cm³/mol. The standard InChI is InChI=1S/C56H38N4/c1-56(2)47-24-14-13-23-44(47)45-31-27-40(34-48(45)56)50-43-22-12-10-20-39(43)33-46-51-42-21-11-9-15-35(42)28-32-49(51)60(52(46)50)41-29-25-38(26-30-41)55-58-53(36-16-5-3-6-17-36)57-54(59-55)37-18-7-4-8-19-37/h3-34H,1-2H3. The van der Waals surface area contributed by atoms with E-state index in [0.29, 0.717) is 17.5 Å². The van der Waals surface area contributed by atoms with Crippen molar-refractivity contribution in [3.05, 3.63) is 205 Å². The second-order valence-electron chi connectivity index (χ2n) is 16.4. The van der Waals surface area contributed by atoms with E-state index in [-0.39, 0.29) is 5.41 Å². The van der Waals surface area contributed by atoms with E-state index in [1.54, 1.807) is 0 Å². The first-order valence-corrected chi connectivity index (χ1v) is 20.6. The van der Waals surface area contributed by atoms with Gasteiger partial charge in [0.05, 0.1) is 11.0 Å². The van der Waals surface area contributed by atoms with E-state index < -0.39 is 0 Å².